The van der Waals surface area contributed by atoms with Gasteiger partial charge in [0.1, 0.15) is 41.9 Å². The van der Waals surface area contributed by atoms with Crippen molar-refractivity contribution in [2.24, 2.45) is 0 Å². The molecule has 0 aliphatic rings. The van der Waals surface area contributed by atoms with E-state index in [1.165, 1.54) is 6.07 Å². The number of aromatic nitrogens is 3. The molecule has 0 atom stereocenters. The molecule has 7 nitrogen and oxygen atoms in total. The molecule has 0 aliphatic carbocycles. The molecule has 5 aromatic rings. The molecule has 2 N–H and O–H groups in total. The summed E-state index contributed by atoms with van der Waals surface area (Å²) in [6.45, 7) is 0.541. The summed E-state index contributed by atoms with van der Waals surface area (Å²) in [6.07, 6.45) is -3.38. The van der Waals surface area contributed by atoms with E-state index >= 15 is 0 Å². The number of carboxylic acid groups (broad SMARTS) is 1. The molecule has 0 fully saturated rings. The number of alkyl halides is 3. The summed E-state index contributed by atoms with van der Waals surface area (Å²) in [5.41, 5.74) is 3.69. The van der Waals surface area contributed by atoms with Crippen molar-refractivity contribution in [2.75, 3.05) is 0 Å². The fourth-order valence-corrected chi connectivity index (χ4v) is 3.39. The van der Waals surface area contributed by atoms with Crippen molar-refractivity contribution in [3.63, 3.8) is 0 Å². The Hall–Kier alpha value is -4.93. The Morgan fingerprint density at radius 2 is 1.62 bits per heavy atom. The number of rotatable bonds is 7. The second kappa shape index (κ2) is 12.1. The molecule has 200 valence electrons. The largest absolute Gasteiger partial charge is 0.490 e. The van der Waals surface area contributed by atoms with E-state index in [2.05, 4.69) is 15.0 Å². The Bertz CT molecular complexity index is 1520. The molecule has 0 bridgehead atoms. The zero-order chi connectivity index (χ0) is 27.8. The van der Waals surface area contributed by atoms with Crippen LogP contribution in [0.1, 0.15) is 11.1 Å². The standard InChI is InChI=1S/C26H20FN3O2.C2HF3O2/c27-22-10-5-4-9-19(22)17-32-24-13-12-20(31-16-18-7-2-1-3-8-18)15-21(24)25-29-23-11-6-14-28-26(23)30-25;3-2(4,5)1(6)7/h1-15H,16-17H2,(H,28,29,30);(H,6,7). The van der Waals surface area contributed by atoms with Crippen LogP contribution < -0.4 is 9.47 Å². The van der Waals surface area contributed by atoms with E-state index in [0.717, 1.165) is 11.1 Å². The SMILES string of the molecule is Fc1ccccc1COc1ccc(OCc2ccccc2)cc1-c1nc2cccnc2[nH]1.O=C(O)C(F)(F)F. The highest BCUT2D eigenvalue weighted by atomic mass is 19.4. The first kappa shape index (κ1) is 27.1. The van der Waals surface area contributed by atoms with Crippen molar-refractivity contribution < 1.29 is 36.9 Å². The van der Waals surface area contributed by atoms with Crippen LogP contribution in [0.25, 0.3) is 22.6 Å². The molecule has 0 saturated carbocycles. The number of hydrogen-bond donors (Lipinski definition) is 2. The number of H-pyrrole nitrogens is 1. The fraction of sp³-hybridized carbons (Fsp3) is 0.107. The predicted molar refractivity (Wildman–Crippen MR) is 135 cm³/mol. The van der Waals surface area contributed by atoms with Crippen LogP contribution in [0.5, 0.6) is 11.5 Å². The van der Waals surface area contributed by atoms with E-state index in [1.807, 2.05) is 60.7 Å². The molecular formula is C28H21F4N3O4. The maximum atomic E-state index is 14.1. The third-order valence-electron chi connectivity index (χ3n) is 5.29. The van der Waals surface area contributed by atoms with E-state index in [0.29, 0.717) is 40.7 Å². The predicted octanol–water partition coefficient (Wildman–Crippen LogP) is 6.56. The van der Waals surface area contributed by atoms with Crippen molar-refractivity contribution >= 4 is 17.1 Å². The van der Waals surface area contributed by atoms with E-state index in [9.17, 15) is 17.6 Å². The van der Waals surface area contributed by atoms with Crippen LogP contribution in [0.2, 0.25) is 0 Å². The lowest BCUT2D eigenvalue weighted by Gasteiger charge is -2.13. The second-order valence-electron chi connectivity index (χ2n) is 8.07. The van der Waals surface area contributed by atoms with Gasteiger partial charge >= 0.3 is 12.1 Å². The molecule has 0 amide bonds. The van der Waals surface area contributed by atoms with Gasteiger partial charge in [-0.15, -0.1) is 0 Å². The maximum absolute atomic E-state index is 14.1. The number of benzene rings is 3. The minimum Gasteiger partial charge on any atom is -0.489 e. The van der Waals surface area contributed by atoms with Crippen LogP contribution >= 0.6 is 0 Å². The zero-order valence-electron chi connectivity index (χ0n) is 20.2. The van der Waals surface area contributed by atoms with Gasteiger partial charge in [-0.05, 0) is 42.0 Å². The number of ether oxygens (including phenoxy) is 2. The Labute approximate surface area is 219 Å². The summed E-state index contributed by atoms with van der Waals surface area (Å²) in [5.74, 6) is -1.21. The Morgan fingerprint density at radius 1 is 0.897 bits per heavy atom. The summed E-state index contributed by atoms with van der Waals surface area (Å²) in [6, 6.07) is 25.8. The van der Waals surface area contributed by atoms with Crippen molar-refractivity contribution in [3.8, 4) is 22.9 Å². The highest BCUT2D eigenvalue weighted by Gasteiger charge is 2.38. The molecule has 5 rings (SSSR count). The third-order valence-corrected chi connectivity index (χ3v) is 5.29. The lowest BCUT2D eigenvalue weighted by molar-refractivity contribution is -0.192. The van der Waals surface area contributed by atoms with Gasteiger partial charge in [-0.25, -0.2) is 19.2 Å². The molecule has 11 heteroatoms. The van der Waals surface area contributed by atoms with Gasteiger partial charge in [-0.1, -0.05) is 48.5 Å². The number of fused-ring (bicyclic) bond motifs is 1. The van der Waals surface area contributed by atoms with E-state index in [4.69, 9.17) is 19.4 Å². The molecule has 39 heavy (non-hydrogen) atoms. The number of halogens is 4. The molecule has 0 radical (unpaired) electrons. The minimum absolute atomic E-state index is 0.0996. The Balaban J connectivity index is 0.000000448. The summed E-state index contributed by atoms with van der Waals surface area (Å²) in [5, 5.41) is 7.12. The maximum Gasteiger partial charge on any atom is 0.490 e. The highest BCUT2D eigenvalue weighted by Crippen LogP contribution is 2.34. The van der Waals surface area contributed by atoms with Crippen molar-refractivity contribution in [3.05, 3.63) is 108 Å². The van der Waals surface area contributed by atoms with Crippen LogP contribution in [-0.4, -0.2) is 32.2 Å². The summed E-state index contributed by atoms with van der Waals surface area (Å²) in [4.78, 5) is 21.1. The van der Waals surface area contributed by atoms with Crippen molar-refractivity contribution in [1.82, 2.24) is 15.0 Å². The molecule has 2 aromatic heterocycles. The number of aliphatic carboxylic acids is 1. The highest BCUT2D eigenvalue weighted by molar-refractivity contribution is 5.78. The van der Waals surface area contributed by atoms with Crippen LogP contribution in [0.15, 0.2) is 91.1 Å². The van der Waals surface area contributed by atoms with E-state index in [-0.39, 0.29) is 12.4 Å². The third kappa shape index (κ3) is 7.31. The van der Waals surface area contributed by atoms with Crippen molar-refractivity contribution in [1.29, 1.82) is 0 Å². The van der Waals surface area contributed by atoms with Crippen molar-refractivity contribution in [2.45, 2.75) is 19.4 Å². The molecule has 0 unspecified atom stereocenters. The van der Waals surface area contributed by atoms with Gasteiger partial charge in [0.2, 0.25) is 0 Å². The van der Waals surface area contributed by atoms with E-state index in [1.54, 1.807) is 24.4 Å². The van der Waals surface area contributed by atoms with Gasteiger partial charge < -0.3 is 19.6 Å². The van der Waals surface area contributed by atoms with Gasteiger partial charge in [0.15, 0.2) is 5.65 Å². The topological polar surface area (TPSA) is 97.3 Å². The van der Waals surface area contributed by atoms with Crippen LogP contribution in [0.3, 0.4) is 0 Å². The average Bonchev–Trinajstić information content (AvgIpc) is 3.36. The second-order valence-corrected chi connectivity index (χ2v) is 8.07. The monoisotopic (exact) mass is 539 g/mol. The molecular weight excluding hydrogens is 518 g/mol. The number of nitrogens with one attached hydrogen (secondary N) is 1. The molecule has 2 heterocycles. The number of imidazole rings is 1. The Kier molecular flexibility index (Phi) is 8.40. The first-order valence-corrected chi connectivity index (χ1v) is 11.5. The van der Waals surface area contributed by atoms with Crippen LogP contribution in [0, 0.1) is 5.82 Å². The first-order chi connectivity index (χ1) is 18.7. The lowest BCUT2D eigenvalue weighted by atomic mass is 10.1. The van der Waals surface area contributed by atoms with Gasteiger partial charge in [-0.3, -0.25) is 0 Å². The molecule has 0 spiro atoms. The van der Waals surface area contributed by atoms with Crippen LogP contribution in [-0.2, 0) is 18.0 Å². The van der Waals surface area contributed by atoms with Gasteiger partial charge in [0, 0.05) is 11.8 Å². The van der Waals surface area contributed by atoms with Gasteiger partial charge in [-0.2, -0.15) is 13.2 Å². The normalized spacial score (nSPS) is 11.0. The molecule has 0 aliphatic heterocycles. The molecule has 0 saturated heterocycles. The number of nitrogens with zero attached hydrogens (tertiary/aromatic N) is 2. The zero-order valence-corrected chi connectivity index (χ0v) is 20.2. The van der Waals surface area contributed by atoms with Gasteiger partial charge in [0.25, 0.3) is 0 Å². The number of hydrogen-bond acceptors (Lipinski definition) is 5. The summed E-state index contributed by atoms with van der Waals surface area (Å²) in [7, 11) is 0. The quantitative estimate of drug-likeness (QED) is 0.228. The smallest absolute Gasteiger partial charge is 0.489 e. The number of carboxylic acids is 1. The van der Waals surface area contributed by atoms with E-state index < -0.39 is 12.1 Å². The average molecular weight is 539 g/mol. The summed E-state index contributed by atoms with van der Waals surface area (Å²) < 4.78 is 57.8. The fourth-order valence-electron chi connectivity index (χ4n) is 3.39. The first-order valence-electron chi connectivity index (χ1n) is 11.5. The molecule has 3 aromatic carbocycles. The number of pyridine rings is 1. The lowest BCUT2D eigenvalue weighted by Crippen LogP contribution is -2.21. The number of carbonyl (C=O) groups is 1. The van der Waals surface area contributed by atoms with Gasteiger partial charge in [0.05, 0.1) is 5.56 Å². The summed E-state index contributed by atoms with van der Waals surface area (Å²) >= 11 is 0. The Morgan fingerprint density at radius 3 is 2.31 bits per heavy atom. The van der Waals surface area contributed by atoms with Crippen LogP contribution in [0.4, 0.5) is 17.6 Å². The number of aromatic amines is 1. The minimum atomic E-state index is -5.08.